The summed E-state index contributed by atoms with van der Waals surface area (Å²) in [5.74, 6) is 3.32. The minimum Gasteiger partial charge on any atom is -0.490 e. The first kappa shape index (κ1) is 26.8. The van der Waals surface area contributed by atoms with Crippen molar-refractivity contribution in [2.75, 3.05) is 52.3 Å². The van der Waals surface area contributed by atoms with Gasteiger partial charge in [-0.05, 0) is 55.9 Å². The van der Waals surface area contributed by atoms with Gasteiger partial charge >= 0.3 is 0 Å². The normalized spacial score (nSPS) is 21.5. The number of carbonyl (C=O) groups excluding carboxylic acids is 1. The van der Waals surface area contributed by atoms with Crippen LogP contribution >= 0.6 is 11.6 Å². The molecule has 2 aliphatic heterocycles. The third-order valence-electron chi connectivity index (χ3n) is 6.70. The van der Waals surface area contributed by atoms with E-state index in [4.69, 9.17) is 30.8 Å². The van der Waals surface area contributed by atoms with Crippen LogP contribution in [0.2, 0.25) is 5.02 Å². The molecule has 1 amide bonds. The Kier molecular flexibility index (Phi) is 8.53. The Morgan fingerprint density at radius 3 is 2.82 bits per heavy atom. The summed E-state index contributed by atoms with van der Waals surface area (Å²) in [7, 11) is 3.88. The number of H-pyrrole nitrogens is 1. The smallest absolute Gasteiger partial charge is 0.260 e. The first-order chi connectivity index (χ1) is 19.0. The predicted octanol–water partition coefficient (Wildman–Crippen LogP) is 3.81. The molecule has 1 unspecified atom stereocenters. The number of amidine groups is 1. The molecule has 39 heavy (non-hydrogen) atoms. The minimum absolute atomic E-state index is 0.0683. The molecular weight excluding hydrogens is 520 g/mol. The van der Waals surface area contributed by atoms with E-state index in [1.165, 1.54) is 0 Å². The lowest BCUT2D eigenvalue weighted by Crippen LogP contribution is -2.33. The molecule has 3 heterocycles. The van der Waals surface area contributed by atoms with Crippen LogP contribution < -0.4 is 10.1 Å². The molecule has 0 radical (unpaired) electrons. The third-order valence-corrected chi connectivity index (χ3v) is 6.95. The Morgan fingerprint density at radius 1 is 1.15 bits per heavy atom. The maximum Gasteiger partial charge on any atom is 0.260 e. The zero-order valence-electron chi connectivity index (χ0n) is 22.2. The lowest BCUT2D eigenvalue weighted by atomic mass is 10.1. The molecule has 1 aliphatic carbocycles. The second kappa shape index (κ2) is 12.4. The van der Waals surface area contributed by atoms with E-state index < -0.39 is 0 Å². The fraction of sp³-hybridized carbons (Fsp3) is 0.393. The Balaban J connectivity index is 1.34. The third kappa shape index (κ3) is 6.82. The highest BCUT2D eigenvalue weighted by Gasteiger charge is 2.25. The van der Waals surface area contributed by atoms with E-state index >= 15 is 0 Å². The van der Waals surface area contributed by atoms with E-state index in [1.807, 2.05) is 30.5 Å². The van der Waals surface area contributed by atoms with E-state index in [0.29, 0.717) is 54.3 Å². The van der Waals surface area contributed by atoms with E-state index in [-0.39, 0.29) is 18.6 Å². The van der Waals surface area contributed by atoms with Crippen LogP contribution in [0.1, 0.15) is 24.0 Å². The van der Waals surface area contributed by atoms with Gasteiger partial charge in [-0.1, -0.05) is 17.7 Å². The van der Waals surface area contributed by atoms with Crippen LogP contribution in [-0.2, 0) is 20.8 Å². The van der Waals surface area contributed by atoms with Crippen molar-refractivity contribution < 1.29 is 19.0 Å². The average molecular weight is 553 g/mol. The maximum absolute atomic E-state index is 12.8. The molecule has 5 rings (SSSR count). The van der Waals surface area contributed by atoms with E-state index in [0.717, 1.165) is 36.5 Å². The van der Waals surface area contributed by atoms with Gasteiger partial charge in [0.15, 0.2) is 18.2 Å². The quantitative estimate of drug-likeness (QED) is 0.547. The van der Waals surface area contributed by atoms with Crippen LogP contribution in [0.3, 0.4) is 0 Å². The minimum atomic E-state index is -0.225. The number of allylic oxidation sites excluding steroid dienone is 1. The number of rotatable bonds is 5. The number of anilines is 1. The molecule has 1 aromatic heterocycles. The molecule has 206 valence electrons. The SMILES string of the molecule is CN1CCCN(C)C(=O)COC2=C(OCCOc3ccc(Cl)cc3)C=CC(C2)/N=C2\N=CNc3[nH]cc(c32)C1. The zero-order valence-corrected chi connectivity index (χ0v) is 22.9. The van der Waals surface area contributed by atoms with E-state index in [2.05, 4.69) is 27.2 Å². The van der Waals surface area contributed by atoms with Crippen molar-refractivity contribution in [3.8, 4) is 5.75 Å². The van der Waals surface area contributed by atoms with Gasteiger partial charge in [0, 0.05) is 37.8 Å². The molecule has 0 saturated heterocycles. The number of aliphatic imine (C=N–C) groups is 2. The first-order valence-corrected chi connectivity index (χ1v) is 13.4. The van der Waals surface area contributed by atoms with Gasteiger partial charge in [-0.2, -0.15) is 0 Å². The number of ether oxygens (including phenoxy) is 3. The molecule has 0 spiro atoms. The van der Waals surface area contributed by atoms with Crippen LogP contribution in [-0.4, -0.2) is 85.9 Å². The molecule has 3 aliphatic rings. The van der Waals surface area contributed by atoms with Crippen molar-refractivity contribution in [1.29, 1.82) is 0 Å². The summed E-state index contributed by atoms with van der Waals surface area (Å²) in [6, 6.07) is 6.95. The van der Waals surface area contributed by atoms with Crippen LogP contribution in [0.5, 0.6) is 5.75 Å². The molecule has 1 atom stereocenters. The summed E-state index contributed by atoms with van der Waals surface area (Å²) < 4.78 is 17.8. The summed E-state index contributed by atoms with van der Waals surface area (Å²) in [5, 5.41) is 3.84. The Labute approximate surface area is 233 Å². The highest BCUT2D eigenvalue weighted by molar-refractivity contribution is 6.30. The number of carbonyl (C=O) groups is 1. The van der Waals surface area contributed by atoms with Gasteiger partial charge in [-0.15, -0.1) is 0 Å². The number of likely N-dealkylation sites (N-methyl/N-ethyl adjacent to an activating group) is 1. The molecule has 0 saturated carbocycles. The van der Waals surface area contributed by atoms with Gasteiger partial charge < -0.3 is 34.3 Å². The second-order valence-corrected chi connectivity index (χ2v) is 10.1. The number of hydrogen-bond acceptors (Lipinski definition) is 8. The standard InChI is InChI=1S/C28H33ClN6O4/c1-34-10-3-11-35(2)25(36)17-39-24-14-21(33-28-26-19(16-34)15-30-27(26)31-18-32-28)6-9-23(24)38-13-12-37-22-7-4-20(29)5-8-22/h4-9,15,18,21H,3,10-14,16-17H2,1-2H3,(H2,30,31,32,33). The fourth-order valence-corrected chi connectivity index (χ4v) is 4.73. The van der Waals surface area contributed by atoms with Crippen molar-refractivity contribution >= 4 is 35.5 Å². The number of amides is 1. The lowest BCUT2D eigenvalue weighted by molar-refractivity contribution is -0.133. The van der Waals surface area contributed by atoms with Gasteiger partial charge in [-0.3, -0.25) is 9.79 Å². The molecule has 2 aromatic rings. The number of nitrogens with one attached hydrogen (secondary N) is 2. The largest absolute Gasteiger partial charge is 0.490 e. The summed E-state index contributed by atoms with van der Waals surface area (Å²) in [6.45, 7) is 2.81. The summed E-state index contributed by atoms with van der Waals surface area (Å²) >= 11 is 5.94. The fourth-order valence-electron chi connectivity index (χ4n) is 4.61. The van der Waals surface area contributed by atoms with Crippen molar-refractivity contribution in [2.45, 2.75) is 25.4 Å². The monoisotopic (exact) mass is 552 g/mol. The van der Waals surface area contributed by atoms with Gasteiger partial charge in [-0.25, -0.2) is 4.99 Å². The highest BCUT2D eigenvalue weighted by atomic mass is 35.5. The summed E-state index contributed by atoms with van der Waals surface area (Å²) in [5.41, 5.74) is 2.09. The van der Waals surface area contributed by atoms with Gasteiger partial charge in [0.05, 0.1) is 17.9 Å². The number of hydrogen-bond donors (Lipinski definition) is 2. The molecule has 1 aromatic carbocycles. The predicted molar refractivity (Wildman–Crippen MR) is 151 cm³/mol. The van der Waals surface area contributed by atoms with Crippen molar-refractivity contribution in [3.63, 3.8) is 0 Å². The van der Waals surface area contributed by atoms with Crippen molar-refractivity contribution in [2.24, 2.45) is 9.98 Å². The Morgan fingerprint density at radius 2 is 1.97 bits per heavy atom. The molecular formula is C28H33ClN6O4. The van der Waals surface area contributed by atoms with Crippen molar-refractivity contribution in [1.82, 2.24) is 14.8 Å². The lowest BCUT2D eigenvalue weighted by Gasteiger charge is -2.25. The summed E-state index contributed by atoms with van der Waals surface area (Å²) in [4.78, 5) is 29.6. The molecule has 0 fully saturated rings. The number of halogens is 1. The van der Waals surface area contributed by atoms with Crippen LogP contribution in [0.15, 0.2) is 64.1 Å². The van der Waals surface area contributed by atoms with Crippen LogP contribution in [0.4, 0.5) is 5.82 Å². The van der Waals surface area contributed by atoms with Crippen LogP contribution in [0.25, 0.3) is 0 Å². The van der Waals surface area contributed by atoms with Gasteiger partial charge in [0.2, 0.25) is 0 Å². The topological polar surface area (TPSA) is 104 Å². The molecule has 2 bridgehead atoms. The Bertz CT molecular complexity index is 1300. The number of benzene rings is 1. The summed E-state index contributed by atoms with van der Waals surface area (Å²) in [6.07, 6.45) is 8.76. The highest BCUT2D eigenvalue weighted by Crippen LogP contribution is 2.28. The average Bonchev–Trinajstić information content (AvgIpc) is 3.34. The second-order valence-electron chi connectivity index (χ2n) is 9.68. The zero-order chi connectivity index (χ0) is 27.2. The van der Waals surface area contributed by atoms with Crippen molar-refractivity contribution in [3.05, 3.63) is 70.3 Å². The first-order valence-electron chi connectivity index (χ1n) is 13.0. The van der Waals surface area contributed by atoms with E-state index in [1.54, 1.807) is 30.4 Å². The molecule has 11 heteroatoms. The number of fused-ring (bicyclic) bond motifs is 2. The number of nitrogens with zero attached hydrogens (tertiary/aromatic N) is 4. The molecule has 10 nitrogen and oxygen atoms in total. The van der Waals surface area contributed by atoms with Crippen LogP contribution in [0, 0.1) is 0 Å². The molecule has 2 N–H and O–H groups in total. The van der Waals surface area contributed by atoms with Gasteiger partial charge in [0.25, 0.3) is 5.91 Å². The maximum atomic E-state index is 12.8. The number of aromatic amines is 1. The van der Waals surface area contributed by atoms with Gasteiger partial charge in [0.1, 0.15) is 30.5 Å². The Hall–Kier alpha value is -3.76. The number of aromatic nitrogens is 1. The van der Waals surface area contributed by atoms with E-state index in [9.17, 15) is 4.79 Å².